The average Bonchev–Trinajstić information content (AvgIpc) is 3.07. The molecule has 0 spiro atoms. The molecule has 5 nitrogen and oxygen atoms in total. The minimum absolute atomic E-state index is 0. The molecule has 0 saturated carbocycles. The molecule has 0 bridgehead atoms. The third-order valence-electron chi connectivity index (χ3n) is 8.18. The predicted octanol–water partition coefficient (Wildman–Crippen LogP) is 13.2. The summed E-state index contributed by atoms with van der Waals surface area (Å²) in [4.78, 5) is 4.86. The standard InChI is InChI=1S/C35H40N3P.C11H26N2Si.Lu/c1-26(2)36-34(37-27(3)4)24-30-19-15-16-28(5)35(30)38-33(29-17-9-6-10-18-29)25-39(31-20-11-7-12-21-31)32-22-13-8-14-23-32;1-9(2)12-11(13-10(3)4)8-14(5,6)7;/h6-23,26-27,33H,24-25H2,1-5H3;9-11H,8H2,1-7H3;/q2*-2;. The van der Waals surface area contributed by atoms with Crippen LogP contribution in [0.1, 0.15) is 78.1 Å². The van der Waals surface area contributed by atoms with Crippen molar-refractivity contribution < 1.29 is 36.9 Å². The number of amidine groups is 1. The number of nitrogens with zero attached hydrogens (tertiary/aromatic N) is 5. The molecule has 1 unspecified atom stereocenters. The topological polar surface area (TPSA) is 68.8 Å². The number of rotatable bonds is 17. The van der Waals surface area contributed by atoms with Gasteiger partial charge in [0.25, 0.3) is 0 Å². The summed E-state index contributed by atoms with van der Waals surface area (Å²) in [5.74, 6) is 0.897. The Morgan fingerprint density at radius 2 is 1.15 bits per heavy atom. The largest absolute Gasteiger partial charge is 0.677 e. The van der Waals surface area contributed by atoms with E-state index >= 15 is 0 Å². The first-order valence-corrected chi connectivity index (χ1v) is 24.7. The number of hydrogen-bond acceptors (Lipinski definition) is 1. The van der Waals surface area contributed by atoms with Crippen molar-refractivity contribution in [2.45, 2.75) is 131 Å². The van der Waals surface area contributed by atoms with Gasteiger partial charge in [-0.05, 0) is 50.1 Å². The molecule has 0 aromatic heterocycles. The minimum atomic E-state index is -1.04. The van der Waals surface area contributed by atoms with Gasteiger partial charge in [0.1, 0.15) is 0 Å². The zero-order valence-corrected chi connectivity index (χ0v) is 38.5. The summed E-state index contributed by atoms with van der Waals surface area (Å²) < 4.78 is 0. The fourth-order valence-electron chi connectivity index (χ4n) is 6.12. The van der Waals surface area contributed by atoms with Gasteiger partial charge in [0, 0.05) is 44.9 Å². The molecule has 0 aliphatic rings. The molecule has 4 rings (SSSR count). The second-order valence-electron chi connectivity index (χ2n) is 16.2. The van der Waals surface area contributed by atoms with E-state index in [1.54, 1.807) is 0 Å². The van der Waals surface area contributed by atoms with Crippen molar-refractivity contribution in [1.29, 1.82) is 0 Å². The van der Waals surface area contributed by atoms with Crippen LogP contribution in [0.5, 0.6) is 0 Å². The van der Waals surface area contributed by atoms with Gasteiger partial charge in [-0.25, -0.2) is 6.17 Å². The molecule has 54 heavy (non-hydrogen) atoms. The molecule has 0 amide bonds. The predicted molar refractivity (Wildman–Crippen MR) is 241 cm³/mol. The normalized spacial score (nSPS) is 12.6. The summed E-state index contributed by atoms with van der Waals surface area (Å²) in [7, 11) is -1.65. The summed E-state index contributed by atoms with van der Waals surface area (Å²) in [6.45, 7) is 26.3. The minimum Gasteiger partial charge on any atom is -0.677 e. The van der Waals surface area contributed by atoms with E-state index in [0.29, 0.717) is 18.5 Å². The molecule has 0 heterocycles. The van der Waals surface area contributed by atoms with Gasteiger partial charge in [0.05, 0.1) is 0 Å². The molecule has 0 N–H and O–H groups in total. The molecule has 1 radical (unpaired) electrons. The van der Waals surface area contributed by atoms with Crippen LogP contribution in [0.2, 0.25) is 25.7 Å². The summed E-state index contributed by atoms with van der Waals surface area (Å²) in [5, 5.41) is 22.5. The van der Waals surface area contributed by atoms with Crippen LogP contribution in [0.3, 0.4) is 0 Å². The molecule has 4 aromatic carbocycles. The third kappa shape index (κ3) is 18.3. The van der Waals surface area contributed by atoms with Crippen molar-refractivity contribution in [3.8, 4) is 0 Å². The summed E-state index contributed by atoms with van der Waals surface area (Å²) in [5.41, 5.74) is 4.68. The Morgan fingerprint density at radius 3 is 1.59 bits per heavy atom. The number of aryl methyl sites for hydroxylation is 1. The smallest absolute Gasteiger partial charge is 0.0412 e. The van der Waals surface area contributed by atoms with E-state index < -0.39 is 16.0 Å². The maximum atomic E-state index is 5.55. The Labute approximate surface area is 361 Å². The second kappa shape index (κ2) is 24.6. The van der Waals surface area contributed by atoms with Crippen molar-refractivity contribution in [2.75, 3.05) is 6.16 Å². The molecule has 303 valence electrons. The number of aliphatic imine (C=N–C) groups is 1. The molecular weight excluding hydrogens is 857 g/mol. The first-order valence-electron chi connectivity index (χ1n) is 19.5. The summed E-state index contributed by atoms with van der Waals surface area (Å²) in [6, 6.07) is 41.5. The first-order chi connectivity index (χ1) is 25.1. The van der Waals surface area contributed by atoms with Crippen molar-refractivity contribution in [3.05, 3.63) is 147 Å². The molecule has 4 aromatic rings. The maximum absolute atomic E-state index is 5.55. The Balaban J connectivity index is 0.000000573. The van der Waals surface area contributed by atoms with Gasteiger partial charge in [0.2, 0.25) is 0 Å². The third-order valence-corrected chi connectivity index (χ3v) is 12.3. The molecule has 1 atom stereocenters. The van der Waals surface area contributed by atoms with E-state index in [4.69, 9.17) is 15.6 Å². The number of hydrogen-bond donors (Lipinski definition) is 0. The van der Waals surface area contributed by atoms with Gasteiger partial charge in [-0.15, -0.1) is 17.8 Å². The van der Waals surface area contributed by atoms with E-state index in [2.05, 4.69) is 202 Å². The van der Waals surface area contributed by atoms with Crippen molar-refractivity contribution in [1.82, 2.24) is 0 Å². The van der Waals surface area contributed by atoms with Crippen LogP contribution >= 0.6 is 7.92 Å². The monoisotopic (exact) mass is 922 g/mol. The first kappa shape index (κ1) is 48.1. The van der Waals surface area contributed by atoms with E-state index in [0.717, 1.165) is 17.7 Å². The van der Waals surface area contributed by atoms with E-state index in [-0.39, 0.29) is 61.2 Å². The molecule has 0 saturated heterocycles. The number of benzene rings is 4. The maximum Gasteiger partial charge on any atom is 0.0412 e. The van der Waals surface area contributed by atoms with Crippen LogP contribution in [0.25, 0.3) is 21.3 Å². The van der Waals surface area contributed by atoms with Gasteiger partial charge in [-0.1, -0.05) is 219 Å². The van der Waals surface area contributed by atoms with Crippen molar-refractivity contribution in [2.24, 2.45) is 4.99 Å². The molecule has 0 fully saturated rings. The van der Waals surface area contributed by atoms with Crippen LogP contribution in [-0.2, 0) is 6.42 Å². The Morgan fingerprint density at radius 1 is 0.648 bits per heavy atom. The molecular formula is C46H66LuN5PSi-4. The van der Waals surface area contributed by atoms with Crippen LogP contribution in [0, 0.1) is 43.8 Å². The zero-order chi connectivity index (χ0) is 39.0. The van der Waals surface area contributed by atoms with Gasteiger partial charge >= 0.3 is 0 Å². The van der Waals surface area contributed by atoms with Gasteiger partial charge in [0.15, 0.2) is 0 Å². The van der Waals surface area contributed by atoms with Crippen molar-refractivity contribution >= 4 is 38.1 Å². The quantitative estimate of drug-likeness (QED) is 0.0438. The van der Waals surface area contributed by atoms with Gasteiger partial charge < -0.3 is 26.3 Å². The van der Waals surface area contributed by atoms with Crippen molar-refractivity contribution in [3.63, 3.8) is 0 Å². The molecule has 0 aliphatic carbocycles. The Kier molecular flexibility index (Phi) is 21.9. The average molecular weight is 923 g/mol. The van der Waals surface area contributed by atoms with E-state index in [1.807, 2.05) is 0 Å². The Bertz CT molecular complexity index is 1580. The van der Waals surface area contributed by atoms with E-state index in [1.165, 1.54) is 33.3 Å². The fourth-order valence-corrected chi connectivity index (χ4v) is 9.85. The second-order valence-corrected chi connectivity index (χ2v) is 24.0. The Hall–Kier alpha value is -2.05. The summed E-state index contributed by atoms with van der Waals surface area (Å²) >= 11 is 0. The van der Waals surface area contributed by atoms with Gasteiger partial charge in [-0.3, -0.25) is 0 Å². The van der Waals surface area contributed by atoms with Gasteiger partial charge in [-0.2, -0.15) is 0 Å². The van der Waals surface area contributed by atoms with E-state index in [9.17, 15) is 0 Å². The van der Waals surface area contributed by atoms with Crippen LogP contribution in [0.4, 0.5) is 5.69 Å². The summed E-state index contributed by atoms with van der Waals surface area (Å²) in [6.07, 6.45) is 1.86. The fraction of sp³-hybridized carbons (Fsp3) is 0.457. The zero-order valence-electron chi connectivity index (χ0n) is 34.9. The van der Waals surface area contributed by atoms with Crippen LogP contribution < -0.4 is 10.6 Å². The number of para-hydroxylation sites is 1. The molecule has 8 heteroatoms. The SMILES string of the molecule is CC(C)[N-]C(C[Si](C)(C)C)[N-]C(C)C.Cc1cccc(CC(=NC(C)C)[N-]C(C)C)c1[N-]C(CP(c1ccccc1)c1ccccc1)c1ccccc1.[Lu]. The van der Waals surface area contributed by atoms with Crippen LogP contribution in [-0.4, -0.2) is 50.4 Å². The van der Waals surface area contributed by atoms with Crippen LogP contribution in [0.15, 0.2) is 114 Å². The molecule has 0 aliphatic heterocycles.